The van der Waals surface area contributed by atoms with Crippen molar-refractivity contribution in [3.63, 3.8) is 0 Å². The number of hydrogen-bond donors (Lipinski definition) is 2. The fourth-order valence-corrected chi connectivity index (χ4v) is 1.80. The minimum atomic E-state index is -4.45. The van der Waals surface area contributed by atoms with Gasteiger partial charge in [0.2, 0.25) is 0 Å². The van der Waals surface area contributed by atoms with Gasteiger partial charge in [-0.1, -0.05) is 19.8 Å². The summed E-state index contributed by atoms with van der Waals surface area (Å²) in [5.74, 6) is -0.489. The standard InChI is InChI=1S/C14H19F3N2O/c1-3-4-5-8-19-13(20)11-9-10(14(15,16)17)6-7-12(11)18-2/h6-7,9,18H,3-5,8H2,1-2H3,(H,19,20). The minimum absolute atomic E-state index is 0.0128. The van der Waals surface area contributed by atoms with Gasteiger partial charge in [0.25, 0.3) is 5.91 Å². The number of carbonyl (C=O) groups excluding carboxylic acids is 1. The Kier molecular flexibility index (Phi) is 5.85. The first-order valence-corrected chi connectivity index (χ1v) is 6.57. The zero-order valence-electron chi connectivity index (χ0n) is 11.6. The number of hydrogen-bond acceptors (Lipinski definition) is 2. The molecule has 0 aliphatic carbocycles. The van der Waals surface area contributed by atoms with Gasteiger partial charge in [-0.2, -0.15) is 13.2 Å². The Morgan fingerprint density at radius 1 is 1.25 bits per heavy atom. The fourth-order valence-electron chi connectivity index (χ4n) is 1.80. The molecule has 1 aromatic rings. The molecule has 0 unspecified atom stereocenters. The Morgan fingerprint density at radius 3 is 2.50 bits per heavy atom. The van der Waals surface area contributed by atoms with E-state index in [1.807, 2.05) is 6.92 Å². The monoisotopic (exact) mass is 288 g/mol. The molecule has 0 aliphatic heterocycles. The number of benzene rings is 1. The highest BCUT2D eigenvalue weighted by atomic mass is 19.4. The lowest BCUT2D eigenvalue weighted by atomic mass is 10.1. The zero-order chi connectivity index (χ0) is 15.2. The topological polar surface area (TPSA) is 41.1 Å². The van der Waals surface area contributed by atoms with Crippen LogP contribution in [0.15, 0.2) is 18.2 Å². The zero-order valence-corrected chi connectivity index (χ0v) is 11.6. The quantitative estimate of drug-likeness (QED) is 0.784. The van der Waals surface area contributed by atoms with Crippen LogP contribution in [0.5, 0.6) is 0 Å². The van der Waals surface area contributed by atoms with Crippen molar-refractivity contribution in [3.05, 3.63) is 29.3 Å². The lowest BCUT2D eigenvalue weighted by Gasteiger charge is -2.13. The predicted octanol–water partition coefficient (Wildman–Crippen LogP) is 3.67. The molecule has 1 rings (SSSR count). The maximum Gasteiger partial charge on any atom is 0.416 e. The molecule has 0 aromatic heterocycles. The van der Waals surface area contributed by atoms with Crippen LogP contribution < -0.4 is 10.6 Å². The highest BCUT2D eigenvalue weighted by Gasteiger charge is 2.31. The van der Waals surface area contributed by atoms with Gasteiger partial charge in [0, 0.05) is 19.3 Å². The Bertz CT molecular complexity index is 458. The summed E-state index contributed by atoms with van der Waals surface area (Å²) in [7, 11) is 1.57. The van der Waals surface area contributed by atoms with E-state index in [-0.39, 0.29) is 5.56 Å². The van der Waals surface area contributed by atoms with Crippen molar-refractivity contribution in [3.8, 4) is 0 Å². The number of nitrogens with one attached hydrogen (secondary N) is 2. The molecular weight excluding hydrogens is 269 g/mol. The van der Waals surface area contributed by atoms with Crippen molar-refractivity contribution in [2.75, 3.05) is 18.9 Å². The molecule has 20 heavy (non-hydrogen) atoms. The van der Waals surface area contributed by atoms with E-state index in [4.69, 9.17) is 0 Å². The van der Waals surface area contributed by atoms with E-state index >= 15 is 0 Å². The van der Waals surface area contributed by atoms with Crippen LogP contribution in [-0.2, 0) is 6.18 Å². The van der Waals surface area contributed by atoms with Gasteiger partial charge in [-0.25, -0.2) is 0 Å². The van der Waals surface area contributed by atoms with Gasteiger partial charge in [0.1, 0.15) is 0 Å². The number of halogens is 3. The number of alkyl halides is 3. The maximum absolute atomic E-state index is 12.7. The smallest absolute Gasteiger partial charge is 0.387 e. The lowest BCUT2D eigenvalue weighted by molar-refractivity contribution is -0.137. The third-order valence-corrected chi connectivity index (χ3v) is 2.93. The molecule has 0 fully saturated rings. The maximum atomic E-state index is 12.7. The molecule has 3 nitrogen and oxygen atoms in total. The fraction of sp³-hybridized carbons (Fsp3) is 0.500. The molecular formula is C14H19F3N2O. The molecule has 0 saturated heterocycles. The summed E-state index contributed by atoms with van der Waals surface area (Å²) < 4.78 is 38.0. The second-order valence-corrected chi connectivity index (χ2v) is 4.47. The summed E-state index contributed by atoms with van der Waals surface area (Å²) in [5, 5.41) is 5.37. The van der Waals surface area contributed by atoms with Gasteiger partial charge in [-0.3, -0.25) is 4.79 Å². The van der Waals surface area contributed by atoms with Gasteiger partial charge in [-0.15, -0.1) is 0 Å². The summed E-state index contributed by atoms with van der Waals surface area (Å²) in [4.78, 5) is 11.9. The Balaban J connectivity index is 2.88. The summed E-state index contributed by atoms with van der Waals surface area (Å²) in [6.07, 6.45) is -1.65. The third-order valence-electron chi connectivity index (χ3n) is 2.93. The van der Waals surface area contributed by atoms with Crippen molar-refractivity contribution >= 4 is 11.6 Å². The lowest BCUT2D eigenvalue weighted by Crippen LogP contribution is -2.25. The van der Waals surface area contributed by atoms with E-state index in [1.54, 1.807) is 7.05 Å². The number of unbranched alkanes of at least 4 members (excludes halogenated alkanes) is 2. The van der Waals surface area contributed by atoms with E-state index in [0.717, 1.165) is 31.4 Å². The summed E-state index contributed by atoms with van der Waals surface area (Å²) in [5.41, 5.74) is -0.431. The van der Waals surface area contributed by atoms with E-state index in [0.29, 0.717) is 12.2 Å². The van der Waals surface area contributed by atoms with Crippen LogP contribution >= 0.6 is 0 Å². The largest absolute Gasteiger partial charge is 0.416 e. The second kappa shape index (κ2) is 7.17. The molecule has 1 aromatic carbocycles. The SMILES string of the molecule is CCCCCNC(=O)c1cc(C(F)(F)F)ccc1NC. The molecule has 0 heterocycles. The molecule has 0 spiro atoms. The van der Waals surface area contributed by atoms with E-state index in [2.05, 4.69) is 10.6 Å². The summed E-state index contributed by atoms with van der Waals surface area (Å²) in [6, 6.07) is 3.10. The van der Waals surface area contributed by atoms with Crippen LogP contribution in [0.4, 0.5) is 18.9 Å². The van der Waals surface area contributed by atoms with Gasteiger partial charge in [0.15, 0.2) is 0 Å². The van der Waals surface area contributed by atoms with Crippen LogP contribution in [0, 0.1) is 0 Å². The average molecular weight is 288 g/mol. The van der Waals surface area contributed by atoms with Gasteiger partial charge in [0.05, 0.1) is 11.1 Å². The number of amides is 1. The number of anilines is 1. The highest BCUT2D eigenvalue weighted by molar-refractivity contribution is 5.99. The predicted molar refractivity (Wildman–Crippen MR) is 72.8 cm³/mol. The molecule has 1 amide bonds. The van der Waals surface area contributed by atoms with Crippen molar-refractivity contribution in [1.29, 1.82) is 0 Å². The van der Waals surface area contributed by atoms with Crippen molar-refractivity contribution in [1.82, 2.24) is 5.32 Å². The van der Waals surface area contributed by atoms with Crippen molar-refractivity contribution in [2.24, 2.45) is 0 Å². The van der Waals surface area contributed by atoms with Crippen LogP contribution in [0.1, 0.15) is 42.1 Å². The molecule has 0 radical (unpaired) electrons. The first kappa shape index (κ1) is 16.3. The first-order chi connectivity index (χ1) is 9.40. The number of carbonyl (C=O) groups is 1. The molecule has 0 atom stereocenters. The van der Waals surface area contributed by atoms with Crippen molar-refractivity contribution in [2.45, 2.75) is 32.4 Å². The summed E-state index contributed by atoms with van der Waals surface area (Å²) in [6.45, 7) is 2.50. The number of rotatable bonds is 6. The molecule has 0 saturated carbocycles. The molecule has 6 heteroatoms. The Morgan fingerprint density at radius 2 is 1.95 bits per heavy atom. The molecule has 2 N–H and O–H groups in total. The van der Waals surface area contributed by atoms with Crippen LogP contribution in [0.3, 0.4) is 0 Å². The van der Waals surface area contributed by atoms with Gasteiger partial charge < -0.3 is 10.6 Å². The van der Waals surface area contributed by atoms with E-state index in [9.17, 15) is 18.0 Å². The van der Waals surface area contributed by atoms with Gasteiger partial charge >= 0.3 is 6.18 Å². The highest BCUT2D eigenvalue weighted by Crippen LogP contribution is 2.31. The molecule has 112 valence electrons. The third kappa shape index (κ3) is 4.43. The van der Waals surface area contributed by atoms with Crippen LogP contribution in [-0.4, -0.2) is 19.5 Å². The molecule has 0 aliphatic rings. The minimum Gasteiger partial charge on any atom is -0.387 e. The van der Waals surface area contributed by atoms with Crippen LogP contribution in [0.25, 0.3) is 0 Å². The average Bonchev–Trinajstić information content (AvgIpc) is 2.41. The normalized spacial score (nSPS) is 11.2. The first-order valence-electron chi connectivity index (χ1n) is 6.57. The van der Waals surface area contributed by atoms with Crippen molar-refractivity contribution < 1.29 is 18.0 Å². The van der Waals surface area contributed by atoms with Crippen LogP contribution in [0.2, 0.25) is 0 Å². The molecule has 0 bridgehead atoms. The van der Waals surface area contributed by atoms with E-state index < -0.39 is 17.6 Å². The summed E-state index contributed by atoms with van der Waals surface area (Å²) >= 11 is 0. The second-order valence-electron chi connectivity index (χ2n) is 4.47. The van der Waals surface area contributed by atoms with Gasteiger partial charge in [-0.05, 0) is 24.6 Å². The Hall–Kier alpha value is -1.72. The Labute approximate surface area is 116 Å². The van der Waals surface area contributed by atoms with E-state index in [1.165, 1.54) is 6.07 Å².